The van der Waals surface area contributed by atoms with Crippen molar-refractivity contribution in [3.05, 3.63) is 89.5 Å². The third kappa shape index (κ3) is 5.99. The van der Waals surface area contributed by atoms with Crippen molar-refractivity contribution in [3.63, 3.8) is 0 Å². The Labute approximate surface area is 178 Å². The summed E-state index contributed by atoms with van der Waals surface area (Å²) >= 11 is 0. The van der Waals surface area contributed by atoms with Crippen molar-refractivity contribution in [1.82, 2.24) is 4.90 Å². The van der Waals surface area contributed by atoms with E-state index in [4.69, 9.17) is 0 Å². The van der Waals surface area contributed by atoms with Crippen LogP contribution in [0.15, 0.2) is 72.8 Å². The first kappa shape index (κ1) is 21.7. The van der Waals surface area contributed by atoms with Crippen LogP contribution in [0.5, 0.6) is 11.5 Å². The normalized spacial score (nSPS) is 12.1. The molecule has 0 radical (unpaired) electrons. The number of anilines is 1. The molecule has 3 aromatic carbocycles. The van der Waals surface area contributed by atoms with Gasteiger partial charge in [0.25, 0.3) is 0 Å². The number of aliphatic hydroxyl groups is 1. The zero-order valence-corrected chi connectivity index (χ0v) is 17.3. The SMILES string of the molecule is CCc1cc(O)ccc1N[C@@H](CN(CCO)Cc1ccccc1)c1ccc(O)cc1. The molecule has 3 aromatic rings. The van der Waals surface area contributed by atoms with E-state index in [1.165, 1.54) is 5.56 Å². The van der Waals surface area contributed by atoms with Crippen molar-refractivity contribution in [3.8, 4) is 11.5 Å². The van der Waals surface area contributed by atoms with Crippen LogP contribution in [0.25, 0.3) is 0 Å². The smallest absolute Gasteiger partial charge is 0.116 e. The van der Waals surface area contributed by atoms with Crippen molar-refractivity contribution in [2.24, 2.45) is 0 Å². The summed E-state index contributed by atoms with van der Waals surface area (Å²) in [7, 11) is 0. The van der Waals surface area contributed by atoms with Gasteiger partial charge in [-0.3, -0.25) is 4.90 Å². The Bertz CT molecular complexity index is 913. The van der Waals surface area contributed by atoms with Crippen molar-refractivity contribution < 1.29 is 15.3 Å². The molecule has 0 heterocycles. The number of nitrogens with zero attached hydrogens (tertiary/aromatic N) is 1. The molecule has 0 aliphatic heterocycles. The Kier molecular flexibility index (Phi) is 7.71. The number of hydrogen-bond donors (Lipinski definition) is 4. The molecule has 4 N–H and O–H groups in total. The van der Waals surface area contributed by atoms with E-state index in [1.807, 2.05) is 36.4 Å². The molecule has 0 unspecified atom stereocenters. The van der Waals surface area contributed by atoms with Crippen LogP contribution in [0.3, 0.4) is 0 Å². The minimum Gasteiger partial charge on any atom is -0.508 e. The summed E-state index contributed by atoms with van der Waals surface area (Å²) in [6, 6.07) is 22.7. The van der Waals surface area contributed by atoms with Crippen molar-refractivity contribution >= 4 is 5.69 Å². The summed E-state index contributed by atoms with van der Waals surface area (Å²) in [5, 5.41) is 32.8. The van der Waals surface area contributed by atoms with Gasteiger partial charge in [-0.25, -0.2) is 0 Å². The van der Waals surface area contributed by atoms with Gasteiger partial charge in [-0.05, 0) is 53.4 Å². The van der Waals surface area contributed by atoms with E-state index in [1.54, 1.807) is 24.3 Å². The molecule has 0 saturated heterocycles. The zero-order valence-electron chi connectivity index (χ0n) is 17.3. The largest absolute Gasteiger partial charge is 0.508 e. The zero-order chi connectivity index (χ0) is 21.3. The Balaban J connectivity index is 1.87. The number of rotatable bonds is 10. The van der Waals surface area contributed by atoms with Gasteiger partial charge in [0.05, 0.1) is 12.6 Å². The van der Waals surface area contributed by atoms with Gasteiger partial charge in [-0.15, -0.1) is 0 Å². The predicted molar refractivity (Wildman–Crippen MR) is 121 cm³/mol. The van der Waals surface area contributed by atoms with E-state index in [9.17, 15) is 15.3 Å². The Hall–Kier alpha value is -3.02. The topological polar surface area (TPSA) is 76.0 Å². The number of phenols is 2. The van der Waals surface area contributed by atoms with E-state index in [2.05, 4.69) is 29.3 Å². The summed E-state index contributed by atoms with van der Waals surface area (Å²) in [6.45, 7) is 4.09. The molecular formula is C25H30N2O3. The second kappa shape index (κ2) is 10.7. The monoisotopic (exact) mass is 406 g/mol. The van der Waals surface area contributed by atoms with Gasteiger partial charge in [0.2, 0.25) is 0 Å². The van der Waals surface area contributed by atoms with Crippen LogP contribution in [0, 0.1) is 0 Å². The first-order valence-corrected chi connectivity index (χ1v) is 10.3. The Morgan fingerprint density at radius 1 is 0.900 bits per heavy atom. The average Bonchev–Trinajstić information content (AvgIpc) is 2.76. The number of aromatic hydroxyl groups is 2. The van der Waals surface area contributed by atoms with Crippen molar-refractivity contribution in [2.45, 2.75) is 25.9 Å². The van der Waals surface area contributed by atoms with E-state index >= 15 is 0 Å². The lowest BCUT2D eigenvalue weighted by Crippen LogP contribution is -2.33. The Morgan fingerprint density at radius 3 is 2.27 bits per heavy atom. The number of nitrogens with one attached hydrogen (secondary N) is 1. The second-order valence-electron chi connectivity index (χ2n) is 7.43. The van der Waals surface area contributed by atoms with E-state index < -0.39 is 0 Å². The second-order valence-corrected chi connectivity index (χ2v) is 7.43. The highest BCUT2D eigenvalue weighted by Crippen LogP contribution is 2.28. The molecule has 5 nitrogen and oxygen atoms in total. The lowest BCUT2D eigenvalue weighted by molar-refractivity contribution is 0.185. The first-order valence-electron chi connectivity index (χ1n) is 10.3. The molecule has 0 fully saturated rings. The van der Waals surface area contributed by atoms with Gasteiger partial charge in [0.15, 0.2) is 0 Å². The average molecular weight is 407 g/mol. The molecule has 0 amide bonds. The molecule has 0 bridgehead atoms. The minimum atomic E-state index is -0.0595. The molecule has 158 valence electrons. The fourth-order valence-electron chi connectivity index (χ4n) is 3.62. The molecule has 0 aromatic heterocycles. The summed E-state index contributed by atoms with van der Waals surface area (Å²) in [4.78, 5) is 2.21. The summed E-state index contributed by atoms with van der Waals surface area (Å²) in [5.74, 6) is 0.484. The highest BCUT2D eigenvalue weighted by molar-refractivity contribution is 5.55. The van der Waals surface area contributed by atoms with Gasteiger partial charge in [0.1, 0.15) is 11.5 Å². The third-order valence-electron chi connectivity index (χ3n) is 5.20. The van der Waals surface area contributed by atoms with Crippen molar-refractivity contribution in [1.29, 1.82) is 0 Å². The fourth-order valence-corrected chi connectivity index (χ4v) is 3.62. The number of aliphatic hydroxyl groups excluding tert-OH is 1. The van der Waals surface area contributed by atoms with E-state index in [0.717, 1.165) is 29.8 Å². The molecule has 0 spiro atoms. The number of benzene rings is 3. The molecule has 1 atom stereocenters. The van der Waals surface area contributed by atoms with Gasteiger partial charge in [-0.2, -0.15) is 0 Å². The quantitative estimate of drug-likeness (QED) is 0.378. The highest BCUT2D eigenvalue weighted by Gasteiger charge is 2.18. The van der Waals surface area contributed by atoms with Crippen LogP contribution < -0.4 is 5.32 Å². The van der Waals surface area contributed by atoms with Gasteiger partial charge < -0.3 is 20.6 Å². The summed E-state index contributed by atoms with van der Waals surface area (Å²) < 4.78 is 0. The lowest BCUT2D eigenvalue weighted by Gasteiger charge is -2.29. The minimum absolute atomic E-state index is 0.0595. The fraction of sp³-hybridized carbons (Fsp3) is 0.280. The van der Waals surface area contributed by atoms with Gasteiger partial charge in [0, 0.05) is 25.3 Å². The van der Waals surface area contributed by atoms with Crippen LogP contribution in [-0.4, -0.2) is 39.9 Å². The number of aryl methyl sites for hydroxylation is 1. The molecule has 0 aliphatic carbocycles. The maximum Gasteiger partial charge on any atom is 0.116 e. The number of phenolic OH excluding ortho intramolecular Hbond substituents is 2. The Morgan fingerprint density at radius 2 is 1.60 bits per heavy atom. The maximum absolute atomic E-state index is 9.84. The molecule has 30 heavy (non-hydrogen) atoms. The van der Waals surface area contributed by atoms with E-state index in [-0.39, 0.29) is 24.1 Å². The molecule has 0 saturated carbocycles. The summed E-state index contributed by atoms with van der Waals surface area (Å²) in [6.07, 6.45) is 0.795. The standard InChI is InChI=1S/C25H30N2O3/c1-2-20-16-23(30)12-13-24(20)26-25(21-8-10-22(29)11-9-21)18-27(14-15-28)17-19-6-4-3-5-7-19/h3-13,16,25-26,28-30H,2,14-15,17-18H2,1H3/t25-/m0/s1. The number of hydrogen-bond acceptors (Lipinski definition) is 5. The summed E-state index contributed by atoms with van der Waals surface area (Å²) in [5.41, 5.74) is 4.24. The van der Waals surface area contributed by atoms with Crippen molar-refractivity contribution in [2.75, 3.05) is 25.0 Å². The van der Waals surface area contributed by atoms with Crippen LogP contribution in [-0.2, 0) is 13.0 Å². The van der Waals surface area contributed by atoms with Crippen LogP contribution in [0.1, 0.15) is 29.7 Å². The van der Waals surface area contributed by atoms with E-state index in [0.29, 0.717) is 13.1 Å². The lowest BCUT2D eigenvalue weighted by atomic mass is 10.0. The van der Waals surface area contributed by atoms with Gasteiger partial charge in [-0.1, -0.05) is 49.4 Å². The molecule has 3 rings (SSSR count). The highest BCUT2D eigenvalue weighted by atomic mass is 16.3. The first-order chi connectivity index (χ1) is 14.6. The molecule has 5 heteroatoms. The van der Waals surface area contributed by atoms with Gasteiger partial charge >= 0.3 is 0 Å². The predicted octanol–water partition coefficient (Wildman–Crippen LogP) is 4.31. The molecule has 0 aliphatic rings. The van der Waals surface area contributed by atoms with Crippen LogP contribution >= 0.6 is 0 Å². The molecular weight excluding hydrogens is 376 g/mol. The van der Waals surface area contributed by atoms with Crippen LogP contribution in [0.4, 0.5) is 5.69 Å². The third-order valence-corrected chi connectivity index (χ3v) is 5.20. The maximum atomic E-state index is 9.84. The van der Waals surface area contributed by atoms with Crippen LogP contribution in [0.2, 0.25) is 0 Å².